The van der Waals surface area contributed by atoms with E-state index in [1.165, 1.54) is 173 Å². The topological polar surface area (TPSA) is 108 Å². The van der Waals surface area contributed by atoms with Crippen molar-refractivity contribution in [2.45, 2.75) is 309 Å². The number of hydrogen-bond donors (Lipinski definition) is 1. The second kappa shape index (κ2) is 63.4. The normalized spacial score (nSPS) is 13.8. The molecule has 10 heteroatoms. The van der Waals surface area contributed by atoms with E-state index in [0.717, 1.165) is 96.3 Å². The maximum absolute atomic E-state index is 12.9. The van der Waals surface area contributed by atoms with Gasteiger partial charge in [0.1, 0.15) is 19.8 Å². The molecule has 0 saturated carbocycles. The average Bonchev–Trinajstić information content (AvgIpc) is 3.49. The molecule has 0 aliphatic heterocycles. The van der Waals surface area contributed by atoms with E-state index in [1.54, 1.807) is 0 Å². The van der Waals surface area contributed by atoms with E-state index in [4.69, 9.17) is 18.5 Å². The number of hydrogen-bond acceptors (Lipinski definition) is 7. The standard InChI is InChI=1S/C73H130NO8P/c1-6-8-10-12-14-16-18-20-22-24-26-28-30-32-33-34-35-36-37-38-39-40-41-42-44-46-48-50-52-54-56-58-60-62-64-66-73(76)82-71(70-81-83(77,78)80-68-67-74(3,4)5)69-79-72(75)65-63-61-59-57-55-53-51-49-47-45-43-31-29-27-25-23-21-19-17-15-13-11-9-7-2/h8,10,14,16,20,22,26,28,32-33,35-36,38-39,41-42,71H,6-7,9,11-13,15,17-19,21,23-25,27,29-31,34,37,40,43-70H2,1-5H3/p+1/b10-8-,16-14-,22-20-,28-26-,33-32-,36-35-,39-38-,42-41-. The van der Waals surface area contributed by atoms with Crippen LogP contribution in [0.4, 0.5) is 0 Å². The highest BCUT2D eigenvalue weighted by molar-refractivity contribution is 7.47. The second-order valence-corrected chi connectivity index (χ2v) is 25.6. The predicted molar refractivity (Wildman–Crippen MR) is 358 cm³/mol. The van der Waals surface area contributed by atoms with Crippen LogP contribution in [0.25, 0.3) is 0 Å². The Hall–Kier alpha value is -3.07. The molecular weight excluding hydrogens is 1050 g/mol. The summed E-state index contributed by atoms with van der Waals surface area (Å²) in [5, 5.41) is 0. The van der Waals surface area contributed by atoms with Crippen molar-refractivity contribution >= 4 is 19.8 Å². The number of quaternary nitrogens is 1. The van der Waals surface area contributed by atoms with Crippen LogP contribution in [0, 0.1) is 0 Å². The number of allylic oxidation sites excluding steroid dienone is 16. The Balaban J connectivity index is 4.09. The molecule has 0 fully saturated rings. The monoisotopic (exact) mass is 1180 g/mol. The summed E-state index contributed by atoms with van der Waals surface area (Å²) >= 11 is 0. The lowest BCUT2D eigenvalue weighted by Gasteiger charge is -2.24. The van der Waals surface area contributed by atoms with Crippen LogP contribution in [0.15, 0.2) is 97.2 Å². The Morgan fingerprint density at radius 2 is 0.687 bits per heavy atom. The molecule has 83 heavy (non-hydrogen) atoms. The molecule has 0 aromatic heterocycles. The minimum atomic E-state index is -4.40. The van der Waals surface area contributed by atoms with Gasteiger partial charge in [-0.25, -0.2) is 4.57 Å². The number of likely N-dealkylation sites (N-methyl/N-ethyl adjacent to an activating group) is 1. The van der Waals surface area contributed by atoms with Gasteiger partial charge in [0.25, 0.3) is 0 Å². The number of esters is 2. The number of phosphoric acid groups is 1. The molecule has 0 heterocycles. The number of carbonyl (C=O) groups is 2. The van der Waals surface area contributed by atoms with Crippen LogP contribution in [0.1, 0.15) is 303 Å². The molecule has 0 amide bonds. The van der Waals surface area contributed by atoms with Crippen molar-refractivity contribution in [3.8, 4) is 0 Å². The Bertz CT molecular complexity index is 1720. The third kappa shape index (κ3) is 67.9. The molecule has 0 aliphatic carbocycles. The van der Waals surface area contributed by atoms with Gasteiger partial charge in [-0.2, -0.15) is 0 Å². The van der Waals surface area contributed by atoms with Gasteiger partial charge in [0.15, 0.2) is 6.10 Å². The summed E-state index contributed by atoms with van der Waals surface area (Å²) in [5.41, 5.74) is 0. The van der Waals surface area contributed by atoms with E-state index < -0.39 is 26.5 Å². The number of carbonyl (C=O) groups excluding carboxylic acids is 2. The number of rotatable bonds is 63. The summed E-state index contributed by atoms with van der Waals surface area (Å²) in [7, 11) is 1.48. The molecule has 0 aliphatic rings. The van der Waals surface area contributed by atoms with Crippen molar-refractivity contribution < 1.29 is 42.1 Å². The van der Waals surface area contributed by atoms with E-state index >= 15 is 0 Å². The van der Waals surface area contributed by atoms with E-state index in [9.17, 15) is 19.0 Å². The number of nitrogens with zero attached hydrogens (tertiary/aromatic N) is 1. The first-order valence-electron chi connectivity index (χ1n) is 34.5. The summed E-state index contributed by atoms with van der Waals surface area (Å²) in [4.78, 5) is 35.9. The Labute approximate surface area is 513 Å². The zero-order valence-electron chi connectivity index (χ0n) is 54.7. The van der Waals surface area contributed by atoms with E-state index in [-0.39, 0.29) is 32.0 Å². The summed E-state index contributed by atoms with van der Waals surface area (Å²) in [5.74, 6) is -0.793. The molecule has 480 valence electrons. The molecule has 1 N–H and O–H groups in total. The lowest BCUT2D eigenvalue weighted by atomic mass is 10.0. The van der Waals surface area contributed by atoms with Gasteiger partial charge in [-0.1, -0.05) is 310 Å². The van der Waals surface area contributed by atoms with E-state index in [0.29, 0.717) is 17.4 Å². The van der Waals surface area contributed by atoms with Crippen molar-refractivity contribution in [2.24, 2.45) is 0 Å². The Kier molecular flexibility index (Phi) is 61.1. The molecule has 0 aromatic carbocycles. The number of unbranched alkanes of at least 4 members (excludes halogenated alkanes) is 33. The summed E-state index contributed by atoms with van der Waals surface area (Å²) < 4.78 is 34.7. The SMILES string of the molecule is CC/C=C\C/C=C\C/C=C\C/C=C\C/C=C\C/C=C\C/C=C\C/C=C\CCCCCCCCCCCCC(=O)OC(COC(=O)CCCCCCCCCCCCCCCCCCCCCCCCCC)COP(=O)(O)OCC[N+](C)(C)C. The smallest absolute Gasteiger partial charge is 0.462 e. The third-order valence-electron chi connectivity index (χ3n) is 14.9. The van der Waals surface area contributed by atoms with Crippen molar-refractivity contribution in [3.63, 3.8) is 0 Å². The van der Waals surface area contributed by atoms with Crippen LogP contribution in [-0.2, 0) is 32.7 Å². The quantitative estimate of drug-likeness (QED) is 0.0211. The van der Waals surface area contributed by atoms with Crippen LogP contribution >= 0.6 is 7.82 Å². The molecular formula is C73H131NO8P+. The molecule has 2 unspecified atom stereocenters. The van der Waals surface area contributed by atoms with Gasteiger partial charge in [-0.3, -0.25) is 18.6 Å². The fourth-order valence-electron chi connectivity index (χ4n) is 9.62. The van der Waals surface area contributed by atoms with Crippen LogP contribution in [0.3, 0.4) is 0 Å². The van der Waals surface area contributed by atoms with Gasteiger partial charge in [0, 0.05) is 12.8 Å². The number of phosphoric ester groups is 1. The first kappa shape index (κ1) is 79.9. The van der Waals surface area contributed by atoms with Gasteiger partial charge in [0.05, 0.1) is 27.7 Å². The fourth-order valence-corrected chi connectivity index (χ4v) is 10.4. The van der Waals surface area contributed by atoms with Crippen LogP contribution < -0.4 is 0 Å². The minimum absolute atomic E-state index is 0.0287. The van der Waals surface area contributed by atoms with Gasteiger partial charge in [-0.05, 0) is 77.0 Å². The zero-order valence-corrected chi connectivity index (χ0v) is 55.6. The maximum atomic E-state index is 12.9. The first-order valence-corrected chi connectivity index (χ1v) is 36.0. The lowest BCUT2D eigenvalue weighted by molar-refractivity contribution is -0.870. The van der Waals surface area contributed by atoms with Gasteiger partial charge < -0.3 is 18.9 Å². The molecule has 0 bridgehead atoms. The van der Waals surface area contributed by atoms with Gasteiger partial charge in [-0.15, -0.1) is 0 Å². The third-order valence-corrected chi connectivity index (χ3v) is 15.9. The van der Waals surface area contributed by atoms with Crippen LogP contribution in [-0.4, -0.2) is 74.9 Å². The summed E-state index contributed by atoms with van der Waals surface area (Å²) in [6, 6.07) is 0. The molecule has 0 spiro atoms. The molecule has 0 saturated heterocycles. The van der Waals surface area contributed by atoms with Crippen molar-refractivity contribution in [1.29, 1.82) is 0 Å². The predicted octanol–water partition coefficient (Wildman–Crippen LogP) is 22.3. The highest BCUT2D eigenvalue weighted by atomic mass is 31.2. The molecule has 0 radical (unpaired) electrons. The van der Waals surface area contributed by atoms with E-state index in [1.807, 2.05) is 21.1 Å². The zero-order chi connectivity index (χ0) is 60.5. The highest BCUT2D eigenvalue weighted by Crippen LogP contribution is 2.43. The second-order valence-electron chi connectivity index (χ2n) is 24.2. The Morgan fingerprint density at radius 1 is 0.386 bits per heavy atom. The summed E-state index contributed by atoms with van der Waals surface area (Å²) in [6.45, 7) is 4.35. The minimum Gasteiger partial charge on any atom is -0.462 e. The van der Waals surface area contributed by atoms with E-state index in [2.05, 4.69) is 111 Å². The molecule has 0 rings (SSSR count). The number of ether oxygens (including phenoxy) is 2. The molecule has 9 nitrogen and oxygen atoms in total. The van der Waals surface area contributed by atoms with Gasteiger partial charge >= 0.3 is 19.8 Å². The van der Waals surface area contributed by atoms with Crippen molar-refractivity contribution in [2.75, 3.05) is 47.5 Å². The maximum Gasteiger partial charge on any atom is 0.472 e. The lowest BCUT2D eigenvalue weighted by Crippen LogP contribution is -2.37. The molecule has 2 atom stereocenters. The van der Waals surface area contributed by atoms with Gasteiger partial charge in [0.2, 0.25) is 0 Å². The van der Waals surface area contributed by atoms with Crippen molar-refractivity contribution in [3.05, 3.63) is 97.2 Å². The highest BCUT2D eigenvalue weighted by Gasteiger charge is 2.27. The largest absolute Gasteiger partial charge is 0.472 e. The Morgan fingerprint density at radius 3 is 1.02 bits per heavy atom. The average molecular weight is 1180 g/mol. The fraction of sp³-hybridized carbons (Fsp3) is 0.753. The van der Waals surface area contributed by atoms with Crippen molar-refractivity contribution in [1.82, 2.24) is 0 Å². The van der Waals surface area contributed by atoms with Crippen LogP contribution in [0.5, 0.6) is 0 Å². The molecule has 0 aromatic rings. The first-order chi connectivity index (χ1) is 40.5. The van der Waals surface area contributed by atoms with Crippen LogP contribution in [0.2, 0.25) is 0 Å². The summed E-state index contributed by atoms with van der Waals surface area (Å²) in [6.07, 6.45) is 87.9.